The van der Waals surface area contributed by atoms with Crippen molar-refractivity contribution in [3.8, 4) is 22.8 Å². The number of hydrogen-bond acceptors (Lipinski definition) is 10. The number of likely N-dealkylation sites (tertiary alicyclic amines) is 2. The lowest BCUT2D eigenvalue weighted by atomic mass is 9.68. The molecule has 10 nitrogen and oxygen atoms in total. The number of aromatic nitrogens is 5. The quantitative estimate of drug-likeness (QED) is 0.317. The summed E-state index contributed by atoms with van der Waals surface area (Å²) >= 11 is 0. The molecule has 1 aromatic carbocycles. The van der Waals surface area contributed by atoms with Crippen molar-refractivity contribution in [2.45, 2.75) is 64.0 Å². The van der Waals surface area contributed by atoms with Gasteiger partial charge in [0.15, 0.2) is 5.82 Å². The lowest BCUT2D eigenvalue weighted by Crippen LogP contribution is -2.65. The van der Waals surface area contributed by atoms with Gasteiger partial charge in [0.05, 0.1) is 25.6 Å². The van der Waals surface area contributed by atoms with E-state index >= 15 is 0 Å². The molecule has 2 aliphatic carbocycles. The average molecular weight is 641 g/mol. The predicted octanol–water partition coefficient (Wildman–Crippen LogP) is 5.03. The topological polar surface area (TPSA) is 92.6 Å². The maximum atomic E-state index is 14.6. The Bertz CT molecular complexity index is 1610. The monoisotopic (exact) mass is 640 g/mol. The van der Waals surface area contributed by atoms with Crippen LogP contribution in [0.2, 0.25) is 0 Å². The first-order valence-electron chi connectivity index (χ1n) is 17.7. The number of anilines is 1. The fourth-order valence-corrected chi connectivity index (χ4v) is 9.62. The third kappa shape index (κ3) is 5.48. The largest absolute Gasteiger partial charge is 0.434 e. The summed E-state index contributed by atoms with van der Waals surface area (Å²) in [6.45, 7) is 13.3. The highest BCUT2D eigenvalue weighted by Crippen LogP contribution is 2.50. The van der Waals surface area contributed by atoms with Gasteiger partial charge in [-0.15, -0.1) is 10.2 Å². The molecule has 4 saturated heterocycles. The number of ether oxygens (including phenoxy) is 2. The molecule has 9 rings (SSSR count). The zero-order chi connectivity index (χ0) is 31.7. The summed E-state index contributed by atoms with van der Waals surface area (Å²) in [5, 5.41) is 16.7. The highest BCUT2D eigenvalue weighted by atomic mass is 19.1. The van der Waals surface area contributed by atoms with Gasteiger partial charge in [-0.25, -0.2) is 9.37 Å². The van der Waals surface area contributed by atoms with Crippen LogP contribution in [0.4, 0.5) is 10.2 Å². The van der Waals surface area contributed by atoms with Crippen LogP contribution in [-0.4, -0.2) is 99.7 Å². The molecule has 0 unspecified atom stereocenters. The molecule has 11 heteroatoms. The standard InChI is InChI=1S/C36H45FN8O2/c1-22(2)33(24-9-28(10-24)44-14-25-16-46-17-26(25)15-44)45-19-36(20-45)7-8-43(18-36)34-35(42-41-21-38-34)47-32-6-5-27(37)11-29(32)31-13-40-39-12-30(31)23-3-4-23/h5-6,11-13,21-26,28,33H,3-4,7-10,14-20H2,1-2H3/t24?,25-,26+,28?,33-/m0/s1. The van der Waals surface area contributed by atoms with E-state index in [1.165, 1.54) is 44.4 Å². The third-order valence-electron chi connectivity index (χ3n) is 12.1. The van der Waals surface area contributed by atoms with E-state index in [2.05, 4.69) is 53.9 Å². The summed E-state index contributed by atoms with van der Waals surface area (Å²) < 4.78 is 26.7. The Kier molecular flexibility index (Phi) is 7.43. The van der Waals surface area contributed by atoms with Crippen LogP contribution in [0.5, 0.6) is 11.6 Å². The molecular weight excluding hydrogens is 595 g/mol. The second-order valence-electron chi connectivity index (χ2n) is 15.7. The molecule has 2 saturated carbocycles. The van der Waals surface area contributed by atoms with E-state index in [-0.39, 0.29) is 11.2 Å². The molecule has 0 bridgehead atoms. The molecule has 3 atom stereocenters. The zero-order valence-corrected chi connectivity index (χ0v) is 27.5. The maximum absolute atomic E-state index is 14.6. The first kappa shape index (κ1) is 29.8. The Morgan fingerprint density at radius 2 is 1.77 bits per heavy atom. The van der Waals surface area contributed by atoms with Crippen molar-refractivity contribution in [2.24, 2.45) is 29.1 Å². The summed E-state index contributed by atoms with van der Waals surface area (Å²) in [7, 11) is 0. The Labute approximate surface area is 276 Å². The predicted molar refractivity (Wildman–Crippen MR) is 175 cm³/mol. The maximum Gasteiger partial charge on any atom is 0.282 e. The molecule has 47 heavy (non-hydrogen) atoms. The van der Waals surface area contributed by atoms with E-state index in [9.17, 15) is 4.39 Å². The molecule has 2 aromatic heterocycles. The minimum Gasteiger partial charge on any atom is -0.434 e. The van der Waals surface area contributed by atoms with E-state index in [0.29, 0.717) is 40.9 Å². The van der Waals surface area contributed by atoms with Crippen molar-refractivity contribution in [3.63, 3.8) is 0 Å². The summed E-state index contributed by atoms with van der Waals surface area (Å²) in [6, 6.07) is 6.01. The van der Waals surface area contributed by atoms with E-state index < -0.39 is 0 Å². The summed E-state index contributed by atoms with van der Waals surface area (Å²) in [6.07, 6.45) is 11.0. The summed E-state index contributed by atoms with van der Waals surface area (Å²) in [5.41, 5.74) is 2.83. The molecule has 6 fully saturated rings. The average Bonchev–Trinajstić information content (AvgIpc) is 3.42. The van der Waals surface area contributed by atoms with Gasteiger partial charge < -0.3 is 14.4 Å². The van der Waals surface area contributed by atoms with Gasteiger partial charge >= 0.3 is 0 Å². The fourth-order valence-electron chi connectivity index (χ4n) is 9.62. The van der Waals surface area contributed by atoms with E-state index in [1.807, 2.05) is 0 Å². The van der Waals surface area contributed by atoms with Crippen molar-refractivity contribution in [2.75, 3.05) is 57.4 Å². The number of halogens is 1. The van der Waals surface area contributed by atoms with Gasteiger partial charge in [-0.05, 0) is 73.6 Å². The second kappa shape index (κ2) is 11.7. The molecule has 248 valence electrons. The van der Waals surface area contributed by atoms with Crippen molar-refractivity contribution in [1.29, 1.82) is 0 Å². The number of hydrogen-bond donors (Lipinski definition) is 0. The van der Waals surface area contributed by atoms with Crippen molar-refractivity contribution < 1.29 is 13.9 Å². The van der Waals surface area contributed by atoms with E-state index in [1.54, 1.807) is 18.5 Å². The van der Waals surface area contributed by atoms with Crippen LogP contribution < -0.4 is 9.64 Å². The van der Waals surface area contributed by atoms with Gasteiger partial charge in [0.1, 0.15) is 17.9 Å². The minimum absolute atomic E-state index is 0.258. The second-order valence-corrected chi connectivity index (χ2v) is 15.7. The number of nitrogens with zero attached hydrogens (tertiary/aromatic N) is 8. The van der Waals surface area contributed by atoms with Gasteiger partial charge in [0.25, 0.3) is 5.88 Å². The molecule has 0 N–H and O–H groups in total. The van der Waals surface area contributed by atoms with Crippen LogP contribution >= 0.6 is 0 Å². The van der Waals surface area contributed by atoms with Crippen molar-refractivity contribution in [3.05, 3.63) is 48.3 Å². The van der Waals surface area contributed by atoms with Crippen LogP contribution in [0.3, 0.4) is 0 Å². The molecule has 0 amide bonds. The van der Waals surface area contributed by atoms with Crippen molar-refractivity contribution >= 4 is 5.82 Å². The molecule has 3 aromatic rings. The van der Waals surface area contributed by atoms with E-state index in [4.69, 9.17) is 9.47 Å². The molecule has 1 spiro atoms. The Balaban J connectivity index is 0.870. The Morgan fingerprint density at radius 3 is 2.53 bits per heavy atom. The number of fused-ring (bicyclic) bond motifs is 1. The highest BCUT2D eigenvalue weighted by molar-refractivity contribution is 5.74. The lowest BCUT2D eigenvalue weighted by molar-refractivity contribution is -0.0792. The Morgan fingerprint density at radius 1 is 0.979 bits per heavy atom. The molecule has 0 radical (unpaired) electrons. The first-order chi connectivity index (χ1) is 22.9. The van der Waals surface area contributed by atoms with Gasteiger partial charge in [-0.3, -0.25) is 9.80 Å². The van der Waals surface area contributed by atoms with Crippen molar-refractivity contribution in [1.82, 2.24) is 35.2 Å². The van der Waals surface area contributed by atoms with Crippen LogP contribution in [0, 0.1) is 34.9 Å². The van der Waals surface area contributed by atoms with Gasteiger partial charge in [0, 0.05) is 79.7 Å². The zero-order valence-electron chi connectivity index (χ0n) is 27.5. The minimum atomic E-state index is -0.329. The molecule has 4 aliphatic heterocycles. The molecule has 6 aliphatic rings. The van der Waals surface area contributed by atoms with Crippen LogP contribution in [0.1, 0.15) is 57.4 Å². The fraction of sp³-hybridized carbons (Fsp3) is 0.639. The van der Waals surface area contributed by atoms with Crippen LogP contribution in [0.15, 0.2) is 36.9 Å². The van der Waals surface area contributed by atoms with Gasteiger partial charge in [-0.2, -0.15) is 10.2 Å². The normalized spacial score (nSPS) is 29.2. The number of rotatable bonds is 9. The van der Waals surface area contributed by atoms with Gasteiger partial charge in [-0.1, -0.05) is 13.8 Å². The molecule has 6 heterocycles. The van der Waals surface area contributed by atoms with E-state index in [0.717, 1.165) is 93.6 Å². The van der Waals surface area contributed by atoms with Gasteiger partial charge in [0.2, 0.25) is 0 Å². The summed E-state index contributed by atoms with van der Waals surface area (Å²) in [4.78, 5) is 12.5. The lowest BCUT2D eigenvalue weighted by Gasteiger charge is -2.57. The first-order valence-corrected chi connectivity index (χ1v) is 17.7. The Hall–Kier alpha value is -3.28. The SMILES string of the molecule is CC(C)[C@@H](C1CC(N2C[C@H]3COC[C@H]3C2)C1)N1CC2(CCN(c3ncnnc3Oc3ccc(F)cc3-c3cnncc3C3CC3)C2)C1. The van der Waals surface area contributed by atoms with Crippen LogP contribution in [0.25, 0.3) is 11.1 Å². The third-order valence-corrected chi connectivity index (χ3v) is 12.1. The summed E-state index contributed by atoms with van der Waals surface area (Å²) in [5.74, 6) is 4.63. The van der Waals surface area contributed by atoms with Crippen LogP contribution in [-0.2, 0) is 4.74 Å². The smallest absolute Gasteiger partial charge is 0.282 e. The molecular formula is C36H45FN8O2. The highest BCUT2D eigenvalue weighted by Gasteiger charge is 2.54. The number of benzene rings is 1.